The predicted octanol–water partition coefficient (Wildman–Crippen LogP) is 8.18. The van der Waals surface area contributed by atoms with Gasteiger partial charge < -0.3 is 9.88 Å². The lowest BCUT2D eigenvalue weighted by molar-refractivity contribution is 0.368. The normalized spacial score (nSPS) is 12.4. The van der Waals surface area contributed by atoms with Gasteiger partial charge in [-0.3, -0.25) is 4.98 Å². The third-order valence-electron chi connectivity index (χ3n) is 6.32. The van der Waals surface area contributed by atoms with Gasteiger partial charge in [0.25, 0.3) is 0 Å². The van der Waals surface area contributed by atoms with Crippen LogP contribution in [0.5, 0.6) is 0 Å². The Hall–Kier alpha value is -3.46. The zero-order valence-corrected chi connectivity index (χ0v) is 20.7. The minimum Gasteiger partial charge on any atom is -0.379 e. The quantitative estimate of drug-likeness (QED) is 0.134. The molecule has 0 fully saturated rings. The zero-order valence-electron chi connectivity index (χ0n) is 19.1. The molecule has 3 nitrogen and oxygen atoms in total. The van der Waals surface area contributed by atoms with Crippen molar-refractivity contribution in [2.24, 2.45) is 0 Å². The third kappa shape index (κ3) is 4.01. The molecule has 36 heavy (non-hydrogen) atoms. The van der Waals surface area contributed by atoms with Gasteiger partial charge in [0.05, 0.1) is 17.8 Å². The number of halogens is 6. The van der Waals surface area contributed by atoms with Crippen LogP contribution in [0.3, 0.4) is 0 Å². The van der Waals surface area contributed by atoms with Gasteiger partial charge in [-0.05, 0) is 55.8 Å². The first-order valence-electron chi connectivity index (χ1n) is 11.1. The second-order valence-corrected chi connectivity index (χ2v) is 9.49. The van der Waals surface area contributed by atoms with E-state index in [9.17, 15) is 22.0 Å². The van der Waals surface area contributed by atoms with Crippen molar-refractivity contribution < 1.29 is 22.0 Å². The van der Waals surface area contributed by atoms with E-state index in [0.29, 0.717) is 16.7 Å². The van der Waals surface area contributed by atoms with E-state index in [2.05, 4.69) is 26.2 Å². The van der Waals surface area contributed by atoms with E-state index < -0.39 is 41.2 Å². The third-order valence-corrected chi connectivity index (χ3v) is 6.85. The van der Waals surface area contributed by atoms with Crippen molar-refractivity contribution >= 4 is 43.4 Å². The minimum absolute atomic E-state index is 0.0133. The maximum atomic E-state index is 14.5. The van der Waals surface area contributed by atoms with E-state index in [1.54, 1.807) is 25.3 Å². The number of aromatic nitrogens is 2. The Bertz CT molecular complexity index is 1600. The first-order valence-corrected chi connectivity index (χ1v) is 11.9. The molecule has 0 aliphatic rings. The molecule has 0 saturated heterocycles. The van der Waals surface area contributed by atoms with Gasteiger partial charge in [-0.2, -0.15) is 0 Å². The molecular weight excluding hydrogens is 541 g/mol. The van der Waals surface area contributed by atoms with Crippen LogP contribution >= 0.6 is 15.9 Å². The molecule has 5 aromatic rings. The highest BCUT2D eigenvalue weighted by Gasteiger charge is 2.27. The van der Waals surface area contributed by atoms with Gasteiger partial charge >= 0.3 is 0 Å². The number of pyridine rings is 1. The molecule has 1 atom stereocenters. The number of nitrogens with one attached hydrogen (secondary N) is 1. The van der Waals surface area contributed by atoms with Crippen LogP contribution in [0.1, 0.15) is 29.8 Å². The summed E-state index contributed by atoms with van der Waals surface area (Å²) in [6.45, 7) is 3.19. The van der Waals surface area contributed by atoms with Gasteiger partial charge in [0, 0.05) is 44.3 Å². The fourth-order valence-corrected chi connectivity index (χ4v) is 4.77. The average Bonchev–Trinajstić information content (AvgIpc) is 3.18. The van der Waals surface area contributed by atoms with Crippen LogP contribution in [0.15, 0.2) is 59.2 Å². The van der Waals surface area contributed by atoms with Crippen molar-refractivity contribution in [2.45, 2.75) is 26.4 Å². The van der Waals surface area contributed by atoms with E-state index in [1.165, 1.54) is 4.57 Å². The number of fused-ring (bicyclic) bond motifs is 3. The summed E-state index contributed by atoms with van der Waals surface area (Å²) in [6, 6.07) is 15.2. The molecule has 2 heterocycles. The molecule has 1 N–H and O–H groups in total. The van der Waals surface area contributed by atoms with E-state index >= 15 is 0 Å². The van der Waals surface area contributed by atoms with Crippen molar-refractivity contribution in [2.75, 3.05) is 5.32 Å². The van der Waals surface area contributed by atoms with Crippen molar-refractivity contribution in [3.8, 4) is 0 Å². The summed E-state index contributed by atoms with van der Waals surface area (Å²) in [5.74, 6) is -9.79. The Labute approximate surface area is 211 Å². The number of anilines is 1. The van der Waals surface area contributed by atoms with Crippen LogP contribution < -0.4 is 5.32 Å². The average molecular weight is 560 g/mol. The minimum atomic E-state index is -2.18. The zero-order chi connectivity index (χ0) is 25.7. The predicted molar refractivity (Wildman–Crippen MR) is 133 cm³/mol. The maximum Gasteiger partial charge on any atom is 0.200 e. The molecule has 0 saturated carbocycles. The number of benzene rings is 3. The van der Waals surface area contributed by atoms with Crippen LogP contribution in [-0.4, -0.2) is 9.55 Å². The molecule has 0 bridgehead atoms. The molecule has 2 aromatic heterocycles. The van der Waals surface area contributed by atoms with Gasteiger partial charge in [0.1, 0.15) is 0 Å². The largest absolute Gasteiger partial charge is 0.379 e. The number of aryl methyl sites for hydroxylation is 1. The molecule has 0 amide bonds. The summed E-state index contributed by atoms with van der Waals surface area (Å²) >= 11 is 3.43. The summed E-state index contributed by atoms with van der Waals surface area (Å²) in [5.41, 5.74) is 2.67. The molecule has 0 aliphatic heterocycles. The Balaban J connectivity index is 1.63. The smallest absolute Gasteiger partial charge is 0.200 e. The molecule has 9 heteroatoms. The van der Waals surface area contributed by atoms with Crippen LogP contribution in [0, 0.1) is 36.0 Å². The molecule has 0 spiro atoms. The van der Waals surface area contributed by atoms with E-state index in [4.69, 9.17) is 0 Å². The van der Waals surface area contributed by atoms with Crippen LogP contribution in [0.4, 0.5) is 27.6 Å². The lowest BCUT2D eigenvalue weighted by atomic mass is 10.1. The molecule has 0 radical (unpaired) electrons. The Morgan fingerprint density at radius 3 is 2.17 bits per heavy atom. The van der Waals surface area contributed by atoms with Gasteiger partial charge in [-0.15, -0.1) is 0 Å². The SMILES string of the molecule is Cc1nccc2c3cc(NC(C)c4ccc(Br)cc4)ccc3n(Cc3c(F)c(F)c(F)c(F)c3F)c12. The molecular formula is C27H19BrF5N3. The Kier molecular flexibility index (Phi) is 6.20. The Morgan fingerprint density at radius 2 is 1.50 bits per heavy atom. The van der Waals surface area contributed by atoms with Gasteiger partial charge in [-0.25, -0.2) is 22.0 Å². The summed E-state index contributed by atoms with van der Waals surface area (Å²) in [6.07, 6.45) is 1.62. The summed E-state index contributed by atoms with van der Waals surface area (Å²) < 4.78 is 72.9. The number of hydrogen-bond acceptors (Lipinski definition) is 2. The second kappa shape index (κ2) is 9.20. The highest BCUT2D eigenvalue weighted by molar-refractivity contribution is 9.10. The number of rotatable bonds is 5. The van der Waals surface area contributed by atoms with Gasteiger partial charge in [0.15, 0.2) is 23.3 Å². The molecule has 0 aliphatic carbocycles. The van der Waals surface area contributed by atoms with Crippen LogP contribution in [-0.2, 0) is 6.54 Å². The summed E-state index contributed by atoms with van der Waals surface area (Å²) in [7, 11) is 0. The lowest BCUT2D eigenvalue weighted by Crippen LogP contribution is -2.11. The first kappa shape index (κ1) is 24.2. The molecule has 5 rings (SSSR count). The molecule has 3 aromatic carbocycles. The standard InChI is InChI=1S/C27H19BrF5N3/c1-13(15-3-5-16(28)6-4-15)35-17-7-8-21-19(11-17)18-9-10-34-14(2)27(18)36(21)12-20-22(29)24(31)26(33)25(32)23(20)30/h3-11,13,35H,12H2,1-2H3. The highest BCUT2D eigenvalue weighted by Crippen LogP contribution is 2.35. The molecule has 184 valence electrons. The Morgan fingerprint density at radius 1 is 0.861 bits per heavy atom. The topological polar surface area (TPSA) is 29.9 Å². The maximum absolute atomic E-state index is 14.5. The van der Waals surface area contributed by atoms with E-state index in [0.717, 1.165) is 26.5 Å². The summed E-state index contributed by atoms with van der Waals surface area (Å²) in [5, 5.41) is 4.95. The van der Waals surface area contributed by atoms with Crippen molar-refractivity contribution in [1.29, 1.82) is 0 Å². The number of nitrogens with zero attached hydrogens (tertiary/aromatic N) is 2. The van der Waals surface area contributed by atoms with Crippen LogP contribution in [0.2, 0.25) is 0 Å². The fraction of sp³-hybridized carbons (Fsp3) is 0.148. The van der Waals surface area contributed by atoms with E-state index in [1.807, 2.05) is 43.3 Å². The van der Waals surface area contributed by atoms with Gasteiger partial charge in [0.2, 0.25) is 5.82 Å². The van der Waals surface area contributed by atoms with Crippen molar-refractivity contribution in [3.63, 3.8) is 0 Å². The number of hydrogen-bond donors (Lipinski definition) is 1. The highest BCUT2D eigenvalue weighted by atomic mass is 79.9. The van der Waals surface area contributed by atoms with Crippen LogP contribution in [0.25, 0.3) is 21.8 Å². The first-order chi connectivity index (χ1) is 17.2. The monoisotopic (exact) mass is 559 g/mol. The lowest BCUT2D eigenvalue weighted by Gasteiger charge is -2.16. The van der Waals surface area contributed by atoms with Crippen molar-refractivity contribution in [3.05, 3.63) is 105 Å². The van der Waals surface area contributed by atoms with Gasteiger partial charge in [-0.1, -0.05) is 28.1 Å². The summed E-state index contributed by atoms with van der Waals surface area (Å²) in [4.78, 5) is 4.28. The van der Waals surface area contributed by atoms with Crippen molar-refractivity contribution in [1.82, 2.24) is 9.55 Å². The van der Waals surface area contributed by atoms with E-state index in [-0.39, 0.29) is 6.04 Å². The molecule has 1 unspecified atom stereocenters. The fourth-order valence-electron chi connectivity index (χ4n) is 4.51. The second-order valence-electron chi connectivity index (χ2n) is 8.58.